The third-order valence-electron chi connectivity index (χ3n) is 2.25. The van der Waals surface area contributed by atoms with E-state index in [1.165, 1.54) is 0 Å². The molecule has 1 fully saturated rings. The van der Waals surface area contributed by atoms with Gasteiger partial charge in [0.1, 0.15) is 0 Å². The summed E-state index contributed by atoms with van der Waals surface area (Å²) in [7, 11) is -3.16. The molecule has 87 valence electrons. The summed E-state index contributed by atoms with van der Waals surface area (Å²) < 4.78 is 24.0. The van der Waals surface area contributed by atoms with Gasteiger partial charge in [0.2, 0.25) is 15.9 Å². The molecule has 1 rings (SSSR count). The van der Waals surface area contributed by atoms with Crippen molar-refractivity contribution >= 4 is 15.9 Å². The second kappa shape index (κ2) is 4.91. The lowest BCUT2D eigenvalue weighted by Crippen LogP contribution is -2.43. The van der Waals surface area contributed by atoms with Gasteiger partial charge in [-0.05, 0) is 19.4 Å². The first-order valence-corrected chi connectivity index (χ1v) is 6.60. The number of likely N-dealkylation sites (tertiary alicyclic amines) is 1. The van der Waals surface area contributed by atoms with Crippen molar-refractivity contribution in [2.45, 2.75) is 12.5 Å². The van der Waals surface area contributed by atoms with Crippen LogP contribution in [0.2, 0.25) is 0 Å². The van der Waals surface area contributed by atoms with Crippen molar-refractivity contribution in [3.8, 4) is 0 Å². The number of nitrogens with zero attached hydrogens (tertiary/aromatic N) is 1. The molecule has 0 bridgehead atoms. The lowest BCUT2D eigenvalue weighted by molar-refractivity contribution is -0.121. The molecular weight excluding hydrogens is 218 g/mol. The third-order valence-corrected chi connectivity index (χ3v) is 2.98. The Labute approximate surface area is 89.9 Å². The van der Waals surface area contributed by atoms with Gasteiger partial charge in [0.25, 0.3) is 0 Å². The van der Waals surface area contributed by atoms with Crippen LogP contribution < -0.4 is 10.5 Å². The molecule has 0 aromatic carbocycles. The molecule has 1 radical (unpaired) electrons. The van der Waals surface area contributed by atoms with Crippen molar-refractivity contribution in [1.82, 2.24) is 9.62 Å². The summed E-state index contributed by atoms with van der Waals surface area (Å²) in [4.78, 5) is 12.8. The standard InChI is InChI=1S/C8H16N3O3S/c1-15(13,14)10-4-6-11-5-2-3-7(11)8(9)12/h3,7,10H,2,4-6H2,1H3,(H2,9,12). The molecule has 1 unspecified atom stereocenters. The van der Waals surface area contributed by atoms with E-state index in [-0.39, 0.29) is 11.9 Å². The number of nitrogens with one attached hydrogen (secondary N) is 1. The second-order valence-corrected chi connectivity index (χ2v) is 5.41. The maximum Gasteiger partial charge on any atom is 0.235 e. The number of carbonyl (C=O) groups is 1. The number of nitrogens with two attached hydrogens (primary N) is 1. The molecule has 1 aliphatic rings. The zero-order valence-electron chi connectivity index (χ0n) is 8.64. The predicted octanol–water partition coefficient (Wildman–Crippen LogP) is -1.70. The fraction of sp³-hybridized carbons (Fsp3) is 0.750. The first kappa shape index (κ1) is 12.4. The van der Waals surface area contributed by atoms with Crippen molar-refractivity contribution in [2.24, 2.45) is 5.73 Å². The predicted molar refractivity (Wildman–Crippen MR) is 56.3 cm³/mol. The molecule has 3 N–H and O–H groups in total. The monoisotopic (exact) mass is 234 g/mol. The molecule has 0 aliphatic carbocycles. The Morgan fingerprint density at radius 1 is 1.67 bits per heavy atom. The van der Waals surface area contributed by atoms with Crippen LogP contribution in [-0.2, 0) is 14.8 Å². The first-order chi connectivity index (χ1) is 6.90. The number of hydrogen-bond donors (Lipinski definition) is 2. The fourth-order valence-corrected chi connectivity index (χ4v) is 2.07. The van der Waals surface area contributed by atoms with E-state index in [1.54, 1.807) is 0 Å². The number of amides is 1. The van der Waals surface area contributed by atoms with E-state index >= 15 is 0 Å². The minimum atomic E-state index is -3.16. The maximum atomic E-state index is 11.0. The van der Waals surface area contributed by atoms with E-state index < -0.39 is 10.0 Å². The van der Waals surface area contributed by atoms with E-state index in [9.17, 15) is 13.2 Å². The van der Waals surface area contributed by atoms with E-state index in [1.807, 2.05) is 11.3 Å². The highest BCUT2D eigenvalue weighted by Gasteiger charge is 2.28. The van der Waals surface area contributed by atoms with Gasteiger partial charge < -0.3 is 5.73 Å². The maximum absolute atomic E-state index is 11.0. The molecule has 1 aliphatic heterocycles. The molecule has 1 atom stereocenters. The Bertz CT molecular complexity index is 328. The highest BCUT2D eigenvalue weighted by molar-refractivity contribution is 7.88. The molecule has 0 spiro atoms. The van der Waals surface area contributed by atoms with Crippen LogP contribution in [-0.4, -0.2) is 51.2 Å². The lowest BCUT2D eigenvalue weighted by atomic mass is 10.2. The fourth-order valence-electron chi connectivity index (χ4n) is 1.61. The smallest absolute Gasteiger partial charge is 0.235 e. The van der Waals surface area contributed by atoms with Crippen molar-refractivity contribution in [2.75, 3.05) is 25.9 Å². The Morgan fingerprint density at radius 2 is 2.33 bits per heavy atom. The van der Waals surface area contributed by atoms with E-state index in [0.29, 0.717) is 13.1 Å². The second-order valence-electron chi connectivity index (χ2n) is 3.57. The van der Waals surface area contributed by atoms with Crippen molar-refractivity contribution in [3.63, 3.8) is 0 Å². The summed E-state index contributed by atoms with van der Waals surface area (Å²) in [5.41, 5.74) is 5.20. The summed E-state index contributed by atoms with van der Waals surface area (Å²) >= 11 is 0. The van der Waals surface area contributed by atoms with Crippen LogP contribution in [0.4, 0.5) is 0 Å². The summed E-state index contributed by atoms with van der Waals surface area (Å²) in [6, 6.07) is -0.355. The van der Waals surface area contributed by atoms with E-state index in [0.717, 1.165) is 19.2 Å². The van der Waals surface area contributed by atoms with Gasteiger partial charge in [0.15, 0.2) is 0 Å². The van der Waals surface area contributed by atoms with Gasteiger partial charge in [0.05, 0.1) is 12.3 Å². The van der Waals surface area contributed by atoms with Crippen LogP contribution in [0.1, 0.15) is 6.42 Å². The molecule has 7 heteroatoms. The molecule has 0 aromatic rings. The summed E-state index contributed by atoms with van der Waals surface area (Å²) in [5, 5.41) is 0. The molecule has 0 aromatic heterocycles. The Kier molecular flexibility index (Phi) is 4.06. The van der Waals surface area contributed by atoms with E-state index in [4.69, 9.17) is 5.73 Å². The topological polar surface area (TPSA) is 92.5 Å². The van der Waals surface area contributed by atoms with Crippen LogP contribution in [0, 0.1) is 6.42 Å². The molecular formula is C8H16N3O3S. The van der Waals surface area contributed by atoms with Gasteiger partial charge in [-0.3, -0.25) is 9.69 Å². The van der Waals surface area contributed by atoms with Crippen molar-refractivity contribution in [3.05, 3.63) is 6.42 Å². The zero-order valence-corrected chi connectivity index (χ0v) is 9.46. The van der Waals surface area contributed by atoms with E-state index in [2.05, 4.69) is 4.72 Å². The van der Waals surface area contributed by atoms with Crippen molar-refractivity contribution < 1.29 is 13.2 Å². The Hall–Kier alpha value is -0.660. The van der Waals surface area contributed by atoms with Gasteiger partial charge in [0, 0.05) is 13.1 Å². The zero-order chi connectivity index (χ0) is 11.5. The number of sulfonamides is 1. The van der Waals surface area contributed by atoms with Gasteiger partial charge in [-0.25, -0.2) is 13.1 Å². The minimum Gasteiger partial charge on any atom is -0.368 e. The summed E-state index contributed by atoms with van der Waals surface area (Å²) in [6.07, 6.45) is 3.77. The SMILES string of the molecule is CS(=O)(=O)NCCN1CC[CH]C1C(N)=O. The molecule has 0 saturated carbocycles. The molecule has 15 heavy (non-hydrogen) atoms. The molecule has 6 nitrogen and oxygen atoms in total. The van der Waals surface area contributed by atoms with Crippen LogP contribution in [0.3, 0.4) is 0 Å². The van der Waals surface area contributed by atoms with Gasteiger partial charge in [-0.1, -0.05) is 0 Å². The normalized spacial score (nSPS) is 23.1. The minimum absolute atomic E-state index is 0.302. The molecule has 1 heterocycles. The third kappa shape index (κ3) is 4.15. The van der Waals surface area contributed by atoms with Crippen LogP contribution in [0.25, 0.3) is 0 Å². The van der Waals surface area contributed by atoms with Gasteiger partial charge >= 0.3 is 0 Å². The first-order valence-electron chi connectivity index (χ1n) is 4.71. The van der Waals surface area contributed by atoms with Crippen LogP contribution in [0.15, 0.2) is 0 Å². The number of carbonyl (C=O) groups excluding carboxylic acids is 1. The van der Waals surface area contributed by atoms with Gasteiger partial charge in [-0.15, -0.1) is 0 Å². The largest absolute Gasteiger partial charge is 0.368 e. The van der Waals surface area contributed by atoms with Crippen LogP contribution >= 0.6 is 0 Å². The van der Waals surface area contributed by atoms with Crippen LogP contribution in [0.5, 0.6) is 0 Å². The molecule has 1 saturated heterocycles. The summed E-state index contributed by atoms with van der Waals surface area (Å²) in [6.45, 7) is 1.55. The highest BCUT2D eigenvalue weighted by Crippen LogP contribution is 2.14. The highest BCUT2D eigenvalue weighted by atomic mass is 32.2. The summed E-state index contributed by atoms with van der Waals surface area (Å²) in [5.74, 6) is -0.383. The molecule has 1 amide bonds. The quantitative estimate of drug-likeness (QED) is 0.593. The Balaban J connectivity index is 2.35. The average Bonchev–Trinajstić information content (AvgIpc) is 2.49. The lowest BCUT2D eigenvalue weighted by Gasteiger charge is -2.21. The average molecular weight is 234 g/mol. The number of primary amides is 1. The van der Waals surface area contributed by atoms with Crippen molar-refractivity contribution in [1.29, 1.82) is 0 Å². The van der Waals surface area contributed by atoms with Gasteiger partial charge in [-0.2, -0.15) is 0 Å². The number of hydrogen-bond acceptors (Lipinski definition) is 4. The Morgan fingerprint density at radius 3 is 2.87 bits per heavy atom. The number of rotatable bonds is 5.